The summed E-state index contributed by atoms with van der Waals surface area (Å²) in [4.78, 5) is 44.4. The Labute approximate surface area is 259 Å². The van der Waals surface area contributed by atoms with E-state index in [0.29, 0.717) is 32.4 Å². The Morgan fingerprint density at radius 3 is 2.39 bits per heavy atom. The zero-order valence-corrected chi connectivity index (χ0v) is 25.6. The lowest BCUT2D eigenvalue weighted by molar-refractivity contribution is -0.145. The van der Waals surface area contributed by atoms with Crippen LogP contribution in [0.15, 0.2) is 85.1 Å². The van der Waals surface area contributed by atoms with Crippen LogP contribution in [0.2, 0.25) is 0 Å². The van der Waals surface area contributed by atoms with Crippen LogP contribution in [0.25, 0.3) is 10.9 Å². The third kappa shape index (κ3) is 7.74. The number of hydrogen-bond donors (Lipinski definition) is 3. The van der Waals surface area contributed by atoms with Crippen LogP contribution in [-0.2, 0) is 38.6 Å². The highest BCUT2D eigenvalue weighted by molar-refractivity contribution is 5.92. The Morgan fingerprint density at radius 2 is 1.64 bits per heavy atom. The third-order valence-corrected chi connectivity index (χ3v) is 8.43. The monoisotopic (exact) mass is 594 g/mol. The minimum Gasteiger partial charge on any atom is -0.461 e. The van der Waals surface area contributed by atoms with E-state index >= 15 is 0 Å². The van der Waals surface area contributed by atoms with Crippen molar-refractivity contribution in [1.29, 1.82) is 0 Å². The normalized spacial score (nSPS) is 14.8. The van der Waals surface area contributed by atoms with E-state index < -0.39 is 11.6 Å². The Hall–Kier alpha value is -4.43. The number of hydrogen-bond acceptors (Lipinski definition) is 5. The van der Waals surface area contributed by atoms with Crippen molar-refractivity contribution in [2.75, 3.05) is 13.1 Å². The number of nitrogens with one attached hydrogen (secondary N) is 2. The number of amides is 2. The van der Waals surface area contributed by atoms with Gasteiger partial charge in [-0.3, -0.25) is 14.4 Å². The van der Waals surface area contributed by atoms with Crippen LogP contribution in [0.1, 0.15) is 61.3 Å². The number of carbonyl (C=O) groups excluding carboxylic acids is 3. The number of nitrogens with zero attached hydrogens (tertiary/aromatic N) is 1. The molecule has 0 spiro atoms. The molecule has 5 rings (SSSR count). The highest BCUT2D eigenvalue weighted by atomic mass is 16.5. The fourth-order valence-corrected chi connectivity index (χ4v) is 5.90. The molecule has 1 aliphatic heterocycles. The van der Waals surface area contributed by atoms with Crippen LogP contribution in [-0.4, -0.2) is 52.3 Å². The van der Waals surface area contributed by atoms with Gasteiger partial charge in [0.05, 0.1) is 5.54 Å². The summed E-state index contributed by atoms with van der Waals surface area (Å²) in [6.45, 7) is 4.73. The Kier molecular flexibility index (Phi) is 9.80. The van der Waals surface area contributed by atoms with Crippen LogP contribution in [0, 0.1) is 0 Å². The van der Waals surface area contributed by atoms with Crippen molar-refractivity contribution >= 4 is 28.7 Å². The van der Waals surface area contributed by atoms with Gasteiger partial charge in [0.15, 0.2) is 0 Å². The maximum absolute atomic E-state index is 13.9. The molecule has 0 unspecified atom stereocenters. The van der Waals surface area contributed by atoms with Crippen LogP contribution in [0.5, 0.6) is 0 Å². The molecule has 3 aromatic carbocycles. The number of para-hydroxylation sites is 1. The number of fused-ring (bicyclic) bond motifs is 1. The molecule has 0 radical (unpaired) electrons. The van der Waals surface area contributed by atoms with E-state index in [0.717, 1.165) is 40.4 Å². The molecule has 8 heteroatoms. The number of esters is 1. The molecule has 1 fully saturated rings. The summed E-state index contributed by atoms with van der Waals surface area (Å²) in [5.74, 6) is -0.393. The second-order valence-electron chi connectivity index (χ2n) is 12.3. The lowest BCUT2D eigenvalue weighted by Gasteiger charge is -2.35. The van der Waals surface area contributed by atoms with Crippen LogP contribution < -0.4 is 11.1 Å². The van der Waals surface area contributed by atoms with E-state index in [2.05, 4.69) is 22.4 Å². The van der Waals surface area contributed by atoms with Gasteiger partial charge in [0.2, 0.25) is 11.8 Å². The summed E-state index contributed by atoms with van der Waals surface area (Å²) in [5, 5.41) is 3.98. The molecule has 4 N–H and O–H groups in total. The number of nitrogens with two attached hydrogens (primary N) is 1. The number of carbonyl (C=O) groups is 3. The topological polar surface area (TPSA) is 118 Å². The molecule has 1 aliphatic rings. The van der Waals surface area contributed by atoms with E-state index in [1.807, 2.05) is 77.8 Å². The predicted octanol–water partition coefficient (Wildman–Crippen LogP) is 5.01. The molecule has 230 valence electrons. The molecule has 2 heterocycles. The molecule has 1 saturated heterocycles. The fraction of sp³-hybridized carbons (Fsp3) is 0.361. The number of benzene rings is 3. The van der Waals surface area contributed by atoms with Gasteiger partial charge in [0.25, 0.3) is 0 Å². The van der Waals surface area contributed by atoms with Gasteiger partial charge in [-0.05, 0) is 67.3 Å². The molecule has 4 aromatic rings. The molecule has 1 atom stereocenters. The highest BCUT2D eigenvalue weighted by Crippen LogP contribution is 2.31. The summed E-state index contributed by atoms with van der Waals surface area (Å²) in [6, 6.07) is 25.1. The summed E-state index contributed by atoms with van der Waals surface area (Å²) in [5.41, 5.74) is 10.3. The molecule has 0 aliphatic carbocycles. The van der Waals surface area contributed by atoms with Crippen molar-refractivity contribution < 1.29 is 19.1 Å². The molecule has 1 aromatic heterocycles. The number of H-pyrrole nitrogens is 1. The van der Waals surface area contributed by atoms with Crippen LogP contribution in [0.4, 0.5) is 0 Å². The predicted molar refractivity (Wildman–Crippen MR) is 172 cm³/mol. The first-order valence-electron chi connectivity index (χ1n) is 15.4. The van der Waals surface area contributed by atoms with Crippen molar-refractivity contribution in [1.82, 2.24) is 15.2 Å². The van der Waals surface area contributed by atoms with Crippen LogP contribution >= 0.6 is 0 Å². The number of likely N-dealkylation sites (tertiary alicyclic amines) is 1. The van der Waals surface area contributed by atoms with Gasteiger partial charge in [0.1, 0.15) is 12.6 Å². The second-order valence-corrected chi connectivity index (χ2v) is 12.3. The third-order valence-electron chi connectivity index (χ3n) is 8.43. The van der Waals surface area contributed by atoms with E-state index in [1.165, 1.54) is 5.56 Å². The number of aromatic nitrogens is 1. The number of ether oxygens (including phenoxy) is 1. The smallest absolute Gasteiger partial charge is 0.306 e. The standard InChI is InChI=1S/C36H42N4O4/c1-36(2,37)35(43)39-32(22-28-23-38-31-15-9-8-14-30(28)31)34(42)40-20-18-27(19-21-40)29-13-7-6-12-26(29)16-17-33(41)44-24-25-10-4-3-5-11-25/h3-15,23,27,32,38H,16-22,24,37H2,1-2H3,(H,39,43)/t32-/m1/s1. The minimum absolute atomic E-state index is 0.0965. The second kappa shape index (κ2) is 13.9. The van der Waals surface area contributed by atoms with Crippen molar-refractivity contribution in [2.24, 2.45) is 5.73 Å². The molecule has 2 amide bonds. The lowest BCUT2D eigenvalue weighted by atomic mass is 9.85. The highest BCUT2D eigenvalue weighted by Gasteiger charge is 2.33. The van der Waals surface area contributed by atoms with Gasteiger partial charge in [-0.1, -0.05) is 72.8 Å². The summed E-state index contributed by atoms with van der Waals surface area (Å²) < 4.78 is 5.48. The van der Waals surface area contributed by atoms with E-state index in [1.54, 1.807) is 13.8 Å². The Bertz CT molecular complexity index is 1580. The minimum atomic E-state index is -1.11. The first kappa shape index (κ1) is 31.0. The van der Waals surface area contributed by atoms with Crippen molar-refractivity contribution in [2.45, 2.75) is 70.1 Å². The van der Waals surface area contributed by atoms with Crippen LogP contribution in [0.3, 0.4) is 0 Å². The Balaban J connectivity index is 1.21. The molecule has 0 bridgehead atoms. The molecular weight excluding hydrogens is 552 g/mol. The zero-order valence-electron chi connectivity index (χ0n) is 25.6. The van der Waals surface area contributed by atoms with Crippen molar-refractivity contribution in [3.05, 3.63) is 107 Å². The first-order valence-corrected chi connectivity index (χ1v) is 15.4. The van der Waals surface area contributed by atoms with E-state index in [9.17, 15) is 14.4 Å². The van der Waals surface area contributed by atoms with Gasteiger partial charge in [-0.15, -0.1) is 0 Å². The SMILES string of the molecule is CC(C)(N)C(=O)N[C@H](Cc1c[nH]c2ccccc12)C(=O)N1CCC(c2ccccc2CCC(=O)OCc2ccccc2)CC1. The summed E-state index contributed by atoms with van der Waals surface area (Å²) >= 11 is 0. The van der Waals surface area contributed by atoms with Gasteiger partial charge in [0, 0.05) is 43.0 Å². The van der Waals surface area contributed by atoms with Gasteiger partial charge >= 0.3 is 5.97 Å². The van der Waals surface area contributed by atoms with Crippen molar-refractivity contribution in [3.63, 3.8) is 0 Å². The number of aromatic amines is 1. The summed E-state index contributed by atoms with van der Waals surface area (Å²) in [6.07, 6.45) is 4.80. The van der Waals surface area contributed by atoms with Gasteiger partial charge in [-0.25, -0.2) is 0 Å². The maximum Gasteiger partial charge on any atom is 0.306 e. The average Bonchev–Trinajstić information content (AvgIpc) is 3.45. The van der Waals surface area contributed by atoms with E-state index in [-0.39, 0.29) is 30.3 Å². The number of piperidine rings is 1. The maximum atomic E-state index is 13.9. The average molecular weight is 595 g/mol. The summed E-state index contributed by atoms with van der Waals surface area (Å²) in [7, 11) is 0. The molecule has 8 nitrogen and oxygen atoms in total. The zero-order chi connectivity index (χ0) is 31.1. The Morgan fingerprint density at radius 1 is 0.955 bits per heavy atom. The van der Waals surface area contributed by atoms with E-state index in [4.69, 9.17) is 10.5 Å². The lowest BCUT2D eigenvalue weighted by Crippen LogP contribution is -2.57. The quantitative estimate of drug-likeness (QED) is 0.211. The molecular formula is C36H42N4O4. The van der Waals surface area contributed by atoms with Gasteiger partial charge in [-0.2, -0.15) is 0 Å². The molecule has 0 saturated carbocycles. The largest absolute Gasteiger partial charge is 0.461 e. The first-order chi connectivity index (χ1) is 21.2. The number of rotatable bonds is 11. The number of aryl methyl sites for hydroxylation is 1. The van der Waals surface area contributed by atoms with Crippen molar-refractivity contribution in [3.8, 4) is 0 Å². The molecule has 44 heavy (non-hydrogen) atoms. The van der Waals surface area contributed by atoms with Gasteiger partial charge < -0.3 is 25.7 Å². The fourth-order valence-electron chi connectivity index (χ4n) is 5.90.